The number of benzene rings is 2. The highest BCUT2D eigenvalue weighted by molar-refractivity contribution is 7.89. The fraction of sp³-hybridized carbons (Fsp3) is 0.500. The number of rotatable bonds is 5. The van der Waals surface area contributed by atoms with E-state index in [4.69, 9.17) is 9.47 Å². The normalized spacial score (nSPS) is 19.8. The van der Waals surface area contributed by atoms with Crippen LogP contribution in [-0.4, -0.2) is 80.9 Å². The maximum Gasteiger partial charge on any atom is 0.253 e. The number of hydrogen-bond acceptors (Lipinski definition) is 6. The molecule has 9 heteroatoms. The maximum atomic E-state index is 13.2. The Balaban J connectivity index is 1.19. The Morgan fingerprint density at radius 1 is 0.771 bits per heavy atom. The number of nitrogens with zero attached hydrogens (tertiary/aromatic N) is 3. The summed E-state index contributed by atoms with van der Waals surface area (Å²) in [6.45, 7) is 5.49. The van der Waals surface area contributed by atoms with Crippen molar-refractivity contribution in [2.75, 3.05) is 52.5 Å². The molecule has 0 aliphatic carbocycles. The summed E-state index contributed by atoms with van der Waals surface area (Å²) in [6, 6.07) is 12.6. The highest BCUT2D eigenvalue weighted by Gasteiger charge is 2.31. The third-order valence-corrected chi connectivity index (χ3v) is 8.83. The molecule has 5 rings (SSSR count). The first-order chi connectivity index (χ1) is 17.0. The summed E-state index contributed by atoms with van der Waals surface area (Å²) in [5, 5.41) is 0. The van der Waals surface area contributed by atoms with E-state index >= 15 is 0 Å². The lowest BCUT2D eigenvalue weighted by Crippen LogP contribution is -2.50. The van der Waals surface area contributed by atoms with E-state index in [9.17, 15) is 13.2 Å². The average Bonchev–Trinajstić information content (AvgIpc) is 3.14. The molecule has 0 saturated carbocycles. The smallest absolute Gasteiger partial charge is 0.253 e. The van der Waals surface area contributed by atoms with Crippen LogP contribution in [0.1, 0.15) is 41.6 Å². The van der Waals surface area contributed by atoms with E-state index in [1.807, 2.05) is 24.3 Å². The van der Waals surface area contributed by atoms with Crippen LogP contribution in [0.4, 0.5) is 0 Å². The van der Waals surface area contributed by atoms with Crippen LogP contribution in [0.25, 0.3) is 0 Å². The molecule has 0 bridgehead atoms. The molecule has 188 valence electrons. The van der Waals surface area contributed by atoms with Gasteiger partial charge in [-0.05, 0) is 55.8 Å². The number of fused-ring (bicyclic) bond motifs is 1. The van der Waals surface area contributed by atoms with Crippen molar-refractivity contribution in [1.82, 2.24) is 14.1 Å². The summed E-state index contributed by atoms with van der Waals surface area (Å²) in [5.74, 6) is 0.974. The fourth-order valence-electron chi connectivity index (χ4n) is 4.90. The Morgan fingerprint density at radius 2 is 1.46 bits per heavy atom. The molecular formula is C26H33N3O5S. The molecule has 2 aromatic rings. The second-order valence-electron chi connectivity index (χ2n) is 9.39. The van der Waals surface area contributed by atoms with Crippen molar-refractivity contribution in [3.63, 3.8) is 0 Å². The third kappa shape index (κ3) is 5.47. The molecule has 3 aliphatic rings. The van der Waals surface area contributed by atoms with Crippen LogP contribution < -0.4 is 9.47 Å². The minimum atomic E-state index is -3.69. The lowest BCUT2D eigenvalue weighted by Gasteiger charge is -2.34. The number of carbonyl (C=O) groups is 1. The summed E-state index contributed by atoms with van der Waals surface area (Å²) in [6.07, 6.45) is 4.59. The van der Waals surface area contributed by atoms with Crippen molar-refractivity contribution in [3.8, 4) is 11.5 Å². The van der Waals surface area contributed by atoms with Gasteiger partial charge in [0.05, 0.1) is 18.1 Å². The molecular weight excluding hydrogens is 466 g/mol. The van der Waals surface area contributed by atoms with Gasteiger partial charge >= 0.3 is 0 Å². The summed E-state index contributed by atoms with van der Waals surface area (Å²) < 4.78 is 39.2. The van der Waals surface area contributed by atoms with Gasteiger partial charge in [0.15, 0.2) is 11.5 Å². The van der Waals surface area contributed by atoms with Crippen molar-refractivity contribution >= 4 is 15.9 Å². The van der Waals surface area contributed by atoms with Gasteiger partial charge in [0.2, 0.25) is 10.0 Å². The van der Waals surface area contributed by atoms with Gasteiger partial charge in [0.25, 0.3) is 5.91 Å². The van der Waals surface area contributed by atoms with E-state index in [0.29, 0.717) is 43.4 Å². The van der Waals surface area contributed by atoms with Gasteiger partial charge in [0, 0.05) is 50.8 Å². The average molecular weight is 500 g/mol. The summed E-state index contributed by atoms with van der Waals surface area (Å²) >= 11 is 0. The van der Waals surface area contributed by atoms with E-state index in [1.54, 1.807) is 23.1 Å². The van der Waals surface area contributed by atoms with Gasteiger partial charge in [-0.2, -0.15) is 4.31 Å². The molecule has 0 spiro atoms. The Bertz CT molecular complexity index is 1140. The quantitative estimate of drug-likeness (QED) is 0.629. The molecule has 0 radical (unpaired) electrons. The highest BCUT2D eigenvalue weighted by Crippen LogP contribution is 2.33. The number of piperidine rings is 1. The standard InChI is InChI=1S/C26H33N3O5S/c30-26(22-7-5-21(6-8-22)20-27-11-2-1-3-12-27)28-13-15-29(16-14-28)35(31,32)23-9-10-24-25(19-23)34-18-4-17-33-24/h5-10,19H,1-4,11-18,20H2. The molecule has 3 heterocycles. The number of piperazine rings is 1. The molecule has 35 heavy (non-hydrogen) atoms. The van der Waals surface area contributed by atoms with Gasteiger partial charge in [-0.1, -0.05) is 18.6 Å². The Kier molecular flexibility index (Phi) is 7.27. The monoisotopic (exact) mass is 499 g/mol. The fourth-order valence-corrected chi connectivity index (χ4v) is 6.33. The number of likely N-dealkylation sites (tertiary alicyclic amines) is 1. The lowest BCUT2D eigenvalue weighted by atomic mass is 10.1. The van der Waals surface area contributed by atoms with Crippen LogP contribution in [-0.2, 0) is 16.6 Å². The van der Waals surface area contributed by atoms with E-state index in [0.717, 1.165) is 26.1 Å². The first-order valence-electron chi connectivity index (χ1n) is 12.5. The molecule has 0 atom stereocenters. The summed E-state index contributed by atoms with van der Waals surface area (Å²) in [4.78, 5) is 17.4. The Hall–Kier alpha value is -2.62. The van der Waals surface area contributed by atoms with Crippen molar-refractivity contribution in [2.45, 2.75) is 37.1 Å². The maximum absolute atomic E-state index is 13.2. The van der Waals surface area contributed by atoms with Crippen LogP contribution in [0, 0.1) is 0 Å². The minimum absolute atomic E-state index is 0.0536. The van der Waals surface area contributed by atoms with Gasteiger partial charge in [-0.15, -0.1) is 0 Å². The van der Waals surface area contributed by atoms with Crippen LogP contribution in [0.3, 0.4) is 0 Å². The topological polar surface area (TPSA) is 79.4 Å². The zero-order valence-corrected chi connectivity index (χ0v) is 20.8. The van der Waals surface area contributed by atoms with Gasteiger partial charge in [-0.3, -0.25) is 9.69 Å². The molecule has 0 N–H and O–H groups in total. The number of hydrogen-bond donors (Lipinski definition) is 0. The second kappa shape index (κ2) is 10.6. The SMILES string of the molecule is O=C(c1ccc(CN2CCCCC2)cc1)N1CCN(S(=O)(=O)c2ccc3c(c2)OCCCO3)CC1. The largest absolute Gasteiger partial charge is 0.490 e. The van der Waals surface area contributed by atoms with Gasteiger partial charge in [0.1, 0.15) is 0 Å². The first-order valence-corrected chi connectivity index (χ1v) is 13.9. The van der Waals surface area contributed by atoms with E-state index in [-0.39, 0.29) is 23.9 Å². The number of sulfonamides is 1. The number of ether oxygens (including phenoxy) is 2. The molecule has 1 amide bonds. The van der Waals surface area contributed by atoms with Crippen LogP contribution in [0.5, 0.6) is 11.5 Å². The molecule has 8 nitrogen and oxygen atoms in total. The van der Waals surface area contributed by atoms with Crippen molar-refractivity contribution < 1.29 is 22.7 Å². The van der Waals surface area contributed by atoms with Crippen LogP contribution in [0.15, 0.2) is 47.4 Å². The Morgan fingerprint density at radius 3 is 2.17 bits per heavy atom. The number of amides is 1. The Labute approximate surface area is 207 Å². The third-order valence-electron chi connectivity index (χ3n) is 6.94. The molecule has 0 unspecified atom stereocenters. The first kappa shape index (κ1) is 24.1. The lowest BCUT2D eigenvalue weighted by molar-refractivity contribution is 0.0698. The van der Waals surface area contributed by atoms with E-state index < -0.39 is 10.0 Å². The summed E-state index contributed by atoms with van der Waals surface area (Å²) in [7, 11) is -3.69. The molecule has 3 aliphatic heterocycles. The molecule has 0 aromatic heterocycles. The van der Waals surface area contributed by atoms with Gasteiger partial charge in [-0.25, -0.2) is 8.42 Å². The zero-order valence-electron chi connectivity index (χ0n) is 20.0. The van der Waals surface area contributed by atoms with Crippen molar-refractivity contribution in [1.29, 1.82) is 0 Å². The molecule has 2 saturated heterocycles. The minimum Gasteiger partial charge on any atom is -0.490 e. The van der Waals surface area contributed by atoms with E-state index in [1.165, 1.54) is 29.1 Å². The highest BCUT2D eigenvalue weighted by atomic mass is 32.2. The predicted octanol–water partition coefficient (Wildman–Crippen LogP) is 2.98. The van der Waals surface area contributed by atoms with Crippen molar-refractivity contribution in [2.24, 2.45) is 0 Å². The van der Waals surface area contributed by atoms with Gasteiger partial charge < -0.3 is 14.4 Å². The summed E-state index contributed by atoms with van der Waals surface area (Å²) in [5.41, 5.74) is 1.86. The van der Waals surface area contributed by atoms with Crippen molar-refractivity contribution in [3.05, 3.63) is 53.6 Å². The van der Waals surface area contributed by atoms with Crippen LogP contribution in [0.2, 0.25) is 0 Å². The zero-order chi connectivity index (χ0) is 24.3. The van der Waals surface area contributed by atoms with E-state index in [2.05, 4.69) is 4.90 Å². The second-order valence-corrected chi connectivity index (χ2v) is 11.3. The number of carbonyl (C=O) groups excluding carboxylic acids is 1. The molecule has 2 aromatic carbocycles. The predicted molar refractivity (Wildman–Crippen MR) is 132 cm³/mol. The van der Waals surface area contributed by atoms with Crippen LogP contribution >= 0.6 is 0 Å². The molecule has 2 fully saturated rings.